The molecule has 0 aliphatic heterocycles. The highest BCUT2D eigenvalue weighted by atomic mass is 16.3. The van der Waals surface area contributed by atoms with Crippen molar-refractivity contribution in [2.75, 3.05) is 26.4 Å². The summed E-state index contributed by atoms with van der Waals surface area (Å²) in [5, 5.41) is 34.0. The van der Waals surface area contributed by atoms with Gasteiger partial charge in [-0.15, -0.1) is 0 Å². The molecule has 24 heavy (non-hydrogen) atoms. The molecule has 4 nitrogen and oxygen atoms in total. The van der Waals surface area contributed by atoms with Crippen LogP contribution in [0.5, 0.6) is 0 Å². The minimum absolute atomic E-state index is 0.242. The van der Waals surface area contributed by atoms with Gasteiger partial charge in [0.1, 0.15) is 0 Å². The van der Waals surface area contributed by atoms with Gasteiger partial charge in [-0.2, -0.15) is 0 Å². The van der Waals surface area contributed by atoms with Crippen LogP contribution in [-0.4, -0.2) is 46.9 Å². The monoisotopic (exact) mass is 340 g/mol. The first-order chi connectivity index (χ1) is 10.8. The Morgan fingerprint density at radius 1 is 0.625 bits per heavy atom. The van der Waals surface area contributed by atoms with E-state index in [-0.39, 0.29) is 10.8 Å². The number of rotatable bonds is 4. The van der Waals surface area contributed by atoms with E-state index in [0.29, 0.717) is 0 Å². The highest BCUT2D eigenvalue weighted by Crippen LogP contribution is 2.29. The fourth-order valence-electron chi connectivity index (χ4n) is 1.95. The molecule has 140 valence electrons. The summed E-state index contributed by atoms with van der Waals surface area (Å²) < 4.78 is 0. The van der Waals surface area contributed by atoms with E-state index in [1.807, 2.05) is 0 Å². The number of benzene rings is 1. The number of aliphatic hydroxyl groups is 4. The fraction of sp³-hybridized carbons (Fsp3) is 0.700. The number of hydrogen-bond donors (Lipinski definition) is 4. The van der Waals surface area contributed by atoms with E-state index in [1.165, 1.54) is 16.7 Å². The minimum atomic E-state index is -1.11. The third-order valence-corrected chi connectivity index (χ3v) is 4.15. The van der Waals surface area contributed by atoms with E-state index in [4.69, 9.17) is 20.4 Å². The maximum Gasteiger partial charge on any atom is 0.0627 e. The molecule has 0 unspecified atom stereocenters. The molecule has 1 aromatic carbocycles. The van der Waals surface area contributed by atoms with Crippen LogP contribution < -0.4 is 0 Å². The van der Waals surface area contributed by atoms with Crippen LogP contribution in [0, 0.1) is 12.3 Å². The van der Waals surface area contributed by atoms with Crippen molar-refractivity contribution in [3.8, 4) is 0 Å². The van der Waals surface area contributed by atoms with Crippen molar-refractivity contribution in [2.24, 2.45) is 5.41 Å². The average Bonchev–Trinajstić information content (AvgIpc) is 2.48. The molecule has 0 saturated heterocycles. The second-order valence-electron chi connectivity index (χ2n) is 8.72. The van der Waals surface area contributed by atoms with Crippen molar-refractivity contribution >= 4 is 0 Å². The van der Waals surface area contributed by atoms with Gasteiger partial charge in [-0.3, -0.25) is 0 Å². The summed E-state index contributed by atoms with van der Waals surface area (Å²) in [6, 6.07) is 6.96. The molecular weight excluding hydrogens is 304 g/mol. The number of hydrogen-bond acceptors (Lipinski definition) is 4. The Morgan fingerprint density at radius 2 is 0.917 bits per heavy atom. The first kappa shape index (κ1) is 23.1. The summed E-state index contributed by atoms with van der Waals surface area (Å²) in [6.07, 6.45) is 0. The maximum atomic E-state index is 8.50. The van der Waals surface area contributed by atoms with Crippen molar-refractivity contribution in [2.45, 2.75) is 59.3 Å². The molecule has 0 amide bonds. The molecule has 0 aliphatic carbocycles. The SMILES string of the molecule is Cc1cc(C(C)(C)C)cc(C(C)(C)C)c1.OCC(CO)(CO)CO. The van der Waals surface area contributed by atoms with Gasteiger partial charge in [0, 0.05) is 0 Å². The van der Waals surface area contributed by atoms with E-state index in [2.05, 4.69) is 66.7 Å². The van der Waals surface area contributed by atoms with E-state index in [1.54, 1.807) is 0 Å². The molecule has 4 heteroatoms. The van der Waals surface area contributed by atoms with Crippen LogP contribution in [0.4, 0.5) is 0 Å². The lowest BCUT2D eigenvalue weighted by Gasteiger charge is -2.25. The first-order valence-corrected chi connectivity index (χ1v) is 8.41. The van der Waals surface area contributed by atoms with Gasteiger partial charge >= 0.3 is 0 Å². The van der Waals surface area contributed by atoms with Crippen molar-refractivity contribution in [3.63, 3.8) is 0 Å². The van der Waals surface area contributed by atoms with Crippen molar-refractivity contribution in [3.05, 3.63) is 34.9 Å². The lowest BCUT2D eigenvalue weighted by atomic mass is 9.80. The fourth-order valence-corrected chi connectivity index (χ4v) is 1.95. The van der Waals surface area contributed by atoms with Crippen LogP contribution in [-0.2, 0) is 10.8 Å². The lowest BCUT2D eigenvalue weighted by molar-refractivity contribution is -0.0328. The zero-order valence-electron chi connectivity index (χ0n) is 16.3. The topological polar surface area (TPSA) is 80.9 Å². The molecule has 0 spiro atoms. The second kappa shape index (κ2) is 8.95. The zero-order chi connectivity index (χ0) is 19.2. The summed E-state index contributed by atoms with van der Waals surface area (Å²) in [4.78, 5) is 0. The molecule has 0 aliphatic rings. The predicted octanol–water partition coefficient (Wildman–Crippen LogP) is 2.53. The normalized spacial score (nSPS) is 12.6. The van der Waals surface area contributed by atoms with Crippen molar-refractivity contribution < 1.29 is 20.4 Å². The third kappa shape index (κ3) is 6.89. The molecule has 1 aromatic rings. The number of aliphatic hydroxyl groups excluding tert-OH is 4. The Labute approximate surface area is 147 Å². The molecule has 1 rings (SSSR count). The van der Waals surface area contributed by atoms with E-state index in [0.717, 1.165) is 0 Å². The molecular formula is C20H36O4. The Balaban J connectivity index is 0.000000506. The van der Waals surface area contributed by atoms with E-state index < -0.39 is 31.8 Å². The summed E-state index contributed by atoms with van der Waals surface area (Å²) in [5.74, 6) is 0. The summed E-state index contributed by atoms with van der Waals surface area (Å²) in [5.41, 5.74) is 3.62. The van der Waals surface area contributed by atoms with Crippen LogP contribution in [0.2, 0.25) is 0 Å². The van der Waals surface area contributed by atoms with Gasteiger partial charge in [-0.05, 0) is 28.9 Å². The Kier molecular flexibility index (Phi) is 8.60. The van der Waals surface area contributed by atoms with E-state index in [9.17, 15) is 0 Å². The molecule has 0 atom stereocenters. The van der Waals surface area contributed by atoms with Crippen molar-refractivity contribution in [1.29, 1.82) is 0 Å². The molecule has 4 N–H and O–H groups in total. The van der Waals surface area contributed by atoms with Gasteiger partial charge in [0.15, 0.2) is 0 Å². The molecule has 0 bridgehead atoms. The molecule has 0 heterocycles. The van der Waals surface area contributed by atoms with Crippen LogP contribution in [0.25, 0.3) is 0 Å². The Morgan fingerprint density at radius 3 is 1.08 bits per heavy atom. The largest absolute Gasteiger partial charge is 0.396 e. The first-order valence-electron chi connectivity index (χ1n) is 8.41. The molecule has 0 aromatic heterocycles. The molecule has 0 fully saturated rings. The standard InChI is InChI=1S/C15H24.C5H12O4/c1-11-8-12(14(2,3)4)10-13(9-11)15(5,6)7;6-1-5(2-7,3-8)4-9/h8-10H,1-7H3;6-9H,1-4H2. The third-order valence-electron chi connectivity index (χ3n) is 4.15. The molecule has 0 radical (unpaired) electrons. The number of aryl methyl sites for hydroxylation is 1. The Bertz CT molecular complexity index is 442. The van der Waals surface area contributed by atoms with Crippen LogP contribution >= 0.6 is 0 Å². The van der Waals surface area contributed by atoms with Crippen LogP contribution in [0.1, 0.15) is 58.2 Å². The van der Waals surface area contributed by atoms with Gasteiger partial charge in [0.2, 0.25) is 0 Å². The zero-order valence-corrected chi connectivity index (χ0v) is 16.3. The lowest BCUT2D eigenvalue weighted by Crippen LogP contribution is -2.37. The second-order valence-corrected chi connectivity index (χ2v) is 8.72. The quantitative estimate of drug-likeness (QED) is 0.679. The molecule has 0 saturated carbocycles. The summed E-state index contributed by atoms with van der Waals surface area (Å²) in [7, 11) is 0. The van der Waals surface area contributed by atoms with Crippen LogP contribution in [0.3, 0.4) is 0 Å². The van der Waals surface area contributed by atoms with Crippen molar-refractivity contribution in [1.82, 2.24) is 0 Å². The Hall–Kier alpha value is -0.940. The summed E-state index contributed by atoms with van der Waals surface area (Å²) >= 11 is 0. The highest BCUT2D eigenvalue weighted by Gasteiger charge is 2.26. The van der Waals surface area contributed by atoms with Gasteiger partial charge in [-0.25, -0.2) is 0 Å². The summed E-state index contributed by atoms with van der Waals surface area (Å²) in [6.45, 7) is 14.2. The maximum absolute atomic E-state index is 8.50. The smallest absolute Gasteiger partial charge is 0.0627 e. The predicted molar refractivity (Wildman–Crippen MR) is 99.4 cm³/mol. The van der Waals surface area contributed by atoms with Crippen LogP contribution in [0.15, 0.2) is 18.2 Å². The minimum Gasteiger partial charge on any atom is -0.396 e. The van der Waals surface area contributed by atoms with Gasteiger partial charge < -0.3 is 20.4 Å². The average molecular weight is 341 g/mol. The van der Waals surface area contributed by atoms with Gasteiger partial charge in [0.25, 0.3) is 0 Å². The van der Waals surface area contributed by atoms with E-state index >= 15 is 0 Å². The highest BCUT2D eigenvalue weighted by molar-refractivity contribution is 5.36. The van der Waals surface area contributed by atoms with Gasteiger partial charge in [0.05, 0.1) is 31.8 Å². The van der Waals surface area contributed by atoms with Gasteiger partial charge in [-0.1, -0.05) is 65.3 Å².